The summed E-state index contributed by atoms with van der Waals surface area (Å²) in [5.74, 6) is 0.320. The first-order chi connectivity index (χ1) is 22.6. The summed E-state index contributed by atoms with van der Waals surface area (Å²) < 4.78 is 47.1. The van der Waals surface area contributed by atoms with Gasteiger partial charge in [0.2, 0.25) is 0 Å². The smallest absolute Gasteiger partial charge is 0.846 e. The van der Waals surface area contributed by atoms with Crippen molar-refractivity contribution in [2.24, 2.45) is 5.92 Å². The van der Waals surface area contributed by atoms with E-state index in [1.165, 1.54) is 17.2 Å². The van der Waals surface area contributed by atoms with Gasteiger partial charge < -0.3 is 31.3 Å². The molecule has 5 nitrogen and oxygen atoms in total. The predicted molar refractivity (Wildman–Crippen MR) is 190 cm³/mol. The van der Waals surface area contributed by atoms with Crippen molar-refractivity contribution in [3.63, 3.8) is 0 Å². The zero-order valence-corrected chi connectivity index (χ0v) is 47.1. The number of nitrogens with zero attached hydrogens (tertiary/aromatic N) is 3. The van der Waals surface area contributed by atoms with Gasteiger partial charge in [0.05, 0.1) is 11.9 Å². The Morgan fingerprint density at radius 2 is 1.62 bits per heavy atom. The van der Waals surface area contributed by atoms with Crippen LogP contribution in [-0.2, 0) is 22.2 Å². The van der Waals surface area contributed by atoms with Crippen LogP contribution in [0, 0.1) is 46.0 Å². The average molecular weight is 1030 g/mol. The molecule has 0 bridgehead atoms. The maximum Gasteiger partial charge on any atom is 1.00 e. The summed E-state index contributed by atoms with van der Waals surface area (Å²) in [6.45, 7) is 20.0. The third-order valence-corrected chi connectivity index (χ3v) is 9.98. The standard InChI is InChI=1S/C35H48ClFN3O.C3H4F3O.CH3.Cr.2Cs/c1-7-26(8-2)33-25(5)11-9-14-31(33)34(35(41)27-12-10-13-27)38(6)16-15-32(28-21-29(36)23-30(37)22-28)40-19-17-39(18-20-40)24(3)4;1-2(7)3(4,5)6;;;;/h9,11,14,21-24,26-27,34H,1-2,7-8,10,12-13,15-20H2,3-6H3;2H,1H3;1H3;;;/q-3;2*-1;;2*+1. The second-order valence-corrected chi connectivity index (χ2v) is 13.9. The Balaban J connectivity index is 0. The number of rotatable bonds is 13. The molecule has 0 spiro atoms. The van der Waals surface area contributed by atoms with Crippen LogP contribution in [0.5, 0.6) is 0 Å². The number of ketones is 1. The van der Waals surface area contributed by atoms with E-state index in [1.807, 2.05) is 6.07 Å². The summed E-state index contributed by atoms with van der Waals surface area (Å²) in [7, 11) is 2.07. The molecule has 1 aliphatic heterocycles. The van der Waals surface area contributed by atoms with E-state index >= 15 is 0 Å². The summed E-state index contributed by atoms with van der Waals surface area (Å²) in [4.78, 5) is 21.2. The Labute approximate surface area is 445 Å². The SMILES string of the molecule is CC([O-])C(F)(F)F.[CH2-]CC(C[CH2-])c1c(C)cccc1C(C(=O)C1CCC1)N(C)CC[C-](c1cc(F)cc(Cl)c1)N1CCN(C(C)C)CC1.[CH3-].[Cr].[Cs+].[Cs+]. The van der Waals surface area contributed by atoms with E-state index in [-0.39, 0.29) is 186 Å². The molecule has 2 fully saturated rings. The van der Waals surface area contributed by atoms with Crippen molar-refractivity contribution in [1.29, 1.82) is 0 Å². The van der Waals surface area contributed by atoms with Crippen LogP contribution in [0.25, 0.3) is 0 Å². The van der Waals surface area contributed by atoms with Gasteiger partial charge in [-0.1, -0.05) is 55.5 Å². The van der Waals surface area contributed by atoms with Crippen molar-refractivity contribution in [2.75, 3.05) is 39.8 Å². The van der Waals surface area contributed by atoms with Crippen molar-refractivity contribution >= 4 is 17.4 Å². The van der Waals surface area contributed by atoms with Gasteiger partial charge in [-0.05, 0) is 81.1 Å². The van der Waals surface area contributed by atoms with E-state index < -0.39 is 12.3 Å². The van der Waals surface area contributed by atoms with Crippen LogP contribution in [0.3, 0.4) is 0 Å². The Hall–Kier alpha value is 2.47. The molecule has 2 unspecified atom stereocenters. The molecule has 284 valence electrons. The molecule has 2 aromatic rings. The molecule has 1 saturated heterocycles. The summed E-state index contributed by atoms with van der Waals surface area (Å²) >= 11 is 6.33. The van der Waals surface area contributed by atoms with Gasteiger partial charge in [-0.3, -0.25) is 14.6 Å². The molecule has 13 heteroatoms. The first kappa shape index (κ1) is 56.6. The van der Waals surface area contributed by atoms with Gasteiger partial charge in [0.25, 0.3) is 0 Å². The van der Waals surface area contributed by atoms with Crippen LogP contribution in [0.4, 0.5) is 17.6 Å². The molecular weight excluding hydrogens is 972 g/mol. The van der Waals surface area contributed by atoms with Gasteiger partial charge in [0.1, 0.15) is 0 Å². The monoisotopic (exact) mass is 1030 g/mol. The van der Waals surface area contributed by atoms with Crippen molar-refractivity contribution in [1.82, 2.24) is 14.7 Å². The number of halogens is 5. The van der Waals surface area contributed by atoms with Crippen LogP contribution in [0.2, 0.25) is 5.02 Å². The van der Waals surface area contributed by atoms with E-state index in [4.69, 9.17) is 11.6 Å². The predicted octanol–water partition coefficient (Wildman–Crippen LogP) is 2.41. The summed E-state index contributed by atoms with van der Waals surface area (Å²) in [6, 6.07) is 12.4. The molecule has 0 aromatic heterocycles. The minimum Gasteiger partial charge on any atom is -0.846 e. The Kier molecular flexibility index (Phi) is 29.7. The summed E-state index contributed by atoms with van der Waals surface area (Å²) in [6.07, 6.45) is -1.76. The van der Waals surface area contributed by atoms with Crippen LogP contribution in [0.15, 0.2) is 36.4 Å². The number of aryl methyl sites for hydroxylation is 1. The van der Waals surface area contributed by atoms with Gasteiger partial charge in [0.15, 0.2) is 5.78 Å². The van der Waals surface area contributed by atoms with Crippen molar-refractivity contribution < 1.29 is 183 Å². The molecule has 0 amide bonds. The van der Waals surface area contributed by atoms with Crippen LogP contribution < -0.4 is 143 Å². The number of piperazine rings is 1. The fourth-order valence-corrected chi connectivity index (χ4v) is 6.80. The number of carbonyl (C=O) groups is 1. The largest absolute Gasteiger partial charge is 1.00 e. The van der Waals surface area contributed by atoms with Crippen LogP contribution in [0.1, 0.15) is 93.5 Å². The number of alkyl halides is 3. The maximum atomic E-state index is 14.5. The number of hydrogen-bond acceptors (Lipinski definition) is 5. The fourth-order valence-electron chi connectivity index (χ4n) is 6.58. The number of benzene rings is 2. The number of likely N-dealkylation sites (N-methyl/N-ethyl adjacent to an activating group) is 1. The molecule has 2 aromatic carbocycles. The quantitative estimate of drug-likeness (QED) is 0.228. The van der Waals surface area contributed by atoms with Crippen molar-refractivity contribution in [3.8, 4) is 0 Å². The molecule has 2 atom stereocenters. The fraction of sp³-hybridized carbons (Fsp3) is 0.564. The van der Waals surface area contributed by atoms with Crippen LogP contribution in [-0.4, -0.2) is 78.6 Å². The van der Waals surface area contributed by atoms with E-state index in [0.717, 1.165) is 75.5 Å². The molecular formula is C39H55ClCrCs2F4N3O2-3. The topological polar surface area (TPSA) is 49.9 Å². The minimum atomic E-state index is -4.56. The zero-order chi connectivity index (χ0) is 35.8. The maximum absolute atomic E-state index is 14.5. The molecule has 2 aliphatic rings. The zero-order valence-electron chi connectivity index (χ0n) is 32.5. The van der Waals surface area contributed by atoms with Crippen LogP contribution >= 0.6 is 11.6 Å². The van der Waals surface area contributed by atoms with Gasteiger partial charge in [-0.25, -0.2) is 4.39 Å². The first-order valence-electron chi connectivity index (χ1n) is 17.0. The first-order valence-corrected chi connectivity index (χ1v) is 17.4. The van der Waals surface area contributed by atoms with Gasteiger partial charge in [-0.2, -0.15) is 31.6 Å². The molecule has 0 N–H and O–H groups in total. The third-order valence-electron chi connectivity index (χ3n) is 9.76. The molecule has 0 radical (unpaired) electrons. The molecule has 52 heavy (non-hydrogen) atoms. The van der Waals surface area contributed by atoms with E-state index in [1.54, 1.807) is 6.07 Å². The second kappa shape index (κ2) is 27.3. The van der Waals surface area contributed by atoms with E-state index in [2.05, 4.69) is 74.6 Å². The van der Waals surface area contributed by atoms with Gasteiger partial charge in [0, 0.05) is 55.5 Å². The normalized spacial score (nSPS) is 16.3. The minimum absolute atomic E-state index is 0. The Morgan fingerprint density at radius 3 is 2.06 bits per heavy atom. The third kappa shape index (κ3) is 16.6. The van der Waals surface area contributed by atoms with Crippen molar-refractivity contribution in [3.05, 3.63) is 96.8 Å². The second-order valence-electron chi connectivity index (χ2n) is 13.4. The van der Waals surface area contributed by atoms with Crippen molar-refractivity contribution in [2.45, 2.75) is 96.5 Å². The van der Waals surface area contributed by atoms with E-state index in [9.17, 15) is 27.5 Å². The summed E-state index contributed by atoms with van der Waals surface area (Å²) in [5.41, 5.74) is 4.36. The Morgan fingerprint density at radius 1 is 1.06 bits per heavy atom. The average Bonchev–Trinajstić information content (AvgIpc) is 2.98. The molecule has 1 aliphatic carbocycles. The Bertz CT molecular complexity index is 1300. The van der Waals surface area contributed by atoms with Gasteiger partial charge in [-0.15, -0.1) is 18.2 Å². The van der Waals surface area contributed by atoms with E-state index in [0.29, 0.717) is 36.7 Å². The number of hydrogen-bond donors (Lipinski definition) is 0. The number of Topliss-reactive ketones (excluding diaryl/α,β-unsaturated/α-hetero) is 1. The summed E-state index contributed by atoms with van der Waals surface area (Å²) in [5, 5.41) is 9.83. The number of carbonyl (C=O) groups excluding carboxylic acids is 1. The molecule has 1 saturated carbocycles. The molecule has 1 heterocycles. The van der Waals surface area contributed by atoms with Gasteiger partial charge >= 0.3 is 144 Å². The molecule has 4 rings (SSSR count).